The molecule has 8 N–H and O–H groups in total. The van der Waals surface area contributed by atoms with Crippen LogP contribution in [0, 0.1) is 23.7 Å². The Kier molecular flexibility index (Phi) is 18.7. The molecule has 0 bridgehead atoms. The lowest BCUT2D eigenvalue weighted by Gasteiger charge is -2.36. The number of amides is 6. The third-order valence-corrected chi connectivity index (χ3v) is 10.2. The van der Waals surface area contributed by atoms with Gasteiger partial charge >= 0.3 is 6.09 Å². The number of carbonyl (C=O) groups excluding carboxylic acids is 6. The second kappa shape index (κ2) is 22.9. The molecule has 0 aliphatic carbocycles. The first-order chi connectivity index (χ1) is 28.6. The van der Waals surface area contributed by atoms with E-state index >= 15 is 0 Å². The topological polar surface area (TPSA) is 259 Å². The number of alkyl carbamates (subject to hydrolysis) is 1. The lowest BCUT2D eigenvalue weighted by molar-refractivity contribution is -0.152. The molecule has 0 saturated carbocycles. The van der Waals surface area contributed by atoms with Gasteiger partial charge in [-0.3, -0.25) is 29.0 Å². The number of rotatable bonds is 20. The molecule has 6 amide bonds. The van der Waals surface area contributed by atoms with Crippen molar-refractivity contribution in [2.75, 3.05) is 0 Å². The van der Waals surface area contributed by atoms with Crippen LogP contribution in [0.2, 0.25) is 0 Å². The Balaban J connectivity index is 1.98. The van der Waals surface area contributed by atoms with Gasteiger partial charge in [-0.2, -0.15) is 0 Å². The zero-order valence-electron chi connectivity index (χ0n) is 36.6. The second-order valence-electron chi connectivity index (χ2n) is 17.2. The van der Waals surface area contributed by atoms with Crippen LogP contribution in [0.25, 0.3) is 0 Å². The quantitative estimate of drug-likeness (QED) is 0.0866. The highest BCUT2D eigenvalue weighted by atomic mass is 16.6. The van der Waals surface area contributed by atoms with Gasteiger partial charge in [-0.25, -0.2) is 14.7 Å². The largest absolute Gasteiger partial charge is 0.444 e. The summed E-state index contributed by atoms with van der Waals surface area (Å²) in [6.45, 7) is 15.4. The summed E-state index contributed by atoms with van der Waals surface area (Å²) < 4.78 is 5.43. The van der Waals surface area contributed by atoms with Gasteiger partial charge in [0.15, 0.2) is 0 Å². The van der Waals surface area contributed by atoms with Crippen LogP contribution in [0.4, 0.5) is 4.79 Å². The van der Waals surface area contributed by atoms with Crippen LogP contribution in [-0.2, 0) is 36.8 Å². The summed E-state index contributed by atoms with van der Waals surface area (Å²) in [5.74, 6) is -7.48. The van der Waals surface area contributed by atoms with Crippen molar-refractivity contribution in [3.63, 3.8) is 0 Å². The third kappa shape index (κ3) is 14.9. The van der Waals surface area contributed by atoms with E-state index in [1.165, 1.54) is 30.9 Å². The number of nitrogens with one attached hydrogen (secondary N) is 4. The van der Waals surface area contributed by atoms with Crippen molar-refractivity contribution in [3.05, 3.63) is 84.2 Å². The average Bonchev–Trinajstić information content (AvgIpc) is 3.72. The van der Waals surface area contributed by atoms with E-state index in [4.69, 9.17) is 10.5 Å². The fraction of sp³-hybridized carbons (Fsp3) is 0.545. The van der Waals surface area contributed by atoms with Crippen LogP contribution in [0.15, 0.2) is 67.3 Å². The highest BCUT2D eigenvalue weighted by Gasteiger charge is 2.45. The lowest BCUT2D eigenvalue weighted by Crippen LogP contribution is -2.60. The standard InChI is InChI=1S/C44H64N8O9/c1-10-27(6)35(45)42(59)52(40(57)30-18-14-15-19-47-30)41(58)34(26(4)5)37(54)36(53)31(20-25(2)3)49-39(56)33(22-29-23-46-24-48-29)50-38(55)32(21-28-16-12-11-13-17-28)51-43(60)61-44(7,8)9/h11-19,23-27,31-37,53-54H,10,20-22,45H2,1-9H3,(H,46,48)(H,49,56)(H,50,55)(H,51,60)/t27-,31-,32-,33-,34+,35-,36+,37?/m0/s1. The fourth-order valence-corrected chi connectivity index (χ4v) is 6.67. The first kappa shape index (κ1) is 49.8. The number of aromatic nitrogens is 3. The Labute approximate surface area is 358 Å². The van der Waals surface area contributed by atoms with Gasteiger partial charge in [-0.15, -0.1) is 0 Å². The van der Waals surface area contributed by atoms with Crippen molar-refractivity contribution in [1.82, 2.24) is 35.8 Å². The second-order valence-corrected chi connectivity index (χ2v) is 17.2. The number of H-pyrrole nitrogens is 1. The molecule has 2 heterocycles. The number of aliphatic hydroxyl groups is 2. The van der Waals surface area contributed by atoms with Gasteiger partial charge < -0.3 is 41.6 Å². The number of imide groups is 3. The number of hydrogen-bond donors (Lipinski definition) is 7. The number of imidazole rings is 1. The minimum Gasteiger partial charge on any atom is -0.444 e. The van der Waals surface area contributed by atoms with E-state index in [0.29, 0.717) is 17.0 Å². The van der Waals surface area contributed by atoms with E-state index in [0.717, 1.165) is 5.56 Å². The van der Waals surface area contributed by atoms with Gasteiger partial charge in [-0.1, -0.05) is 84.4 Å². The molecule has 0 saturated heterocycles. The minimum atomic E-state index is -1.92. The summed E-state index contributed by atoms with van der Waals surface area (Å²) in [4.78, 5) is 94.8. The van der Waals surface area contributed by atoms with Crippen molar-refractivity contribution < 1.29 is 43.7 Å². The van der Waals surface area contributed by atoms with E-state index in [2.05, 4.69) is 30.9 Å². The van der Waals surface area contributed by atoms with Gasteiger partial charge in [0.05, 0.1) is 30.4 Å². The number of carbonyl (C=O) groups is 6. The molecule has 1 unspecified atom stereocenters. The molecule has 61 heavy (non-hydrogen) atoms. The maximum absolute atomic E-state index is 14.5. The molecule has 0 aliphatic heterocycles. The third-order valence-electron chi connectivity index (χ3n) is 10.2. The lowest BCUT2D eigenvalue weighted by atomic mass is 9.82. The number of benzene rings is 1. The molecular formula is C44H64N8O9. The Bertz CT molecular complexity index is 1890. The molecule has 1 aromatic carbocycles. The molecule has 2 aromatic heterocycles. The highest BCUT2D eigenvalue weighted by molar-refractivity contribution is 6.17. The van der Waals surface area contributed by atoms with Gasteiger partial charge in [0, 0.05) is 30.9 Å². The van der Waals surface area contributed by atoms with Gasteiger partial charge in [0.25, 0.3) is 11.8 Å². The summed E-state index contributed by atoms with van der Waals surface area (Å²) in [5, 5.41) is 32.0. The summed E-state index contributed by atoms with van der Waals surface area (Å²) in [6.07, 6.45) is 0.150. The van der Waals surface area contributed by atoms with Gasteiger partial charge in [0.2, 0.25) is 17.7 Å². The Morgan fingerprint density at radius 1 is 0.836 bits per heavy atom. The van der Waals surface area contributed by atoms with E-state index in [1.807, 2.05) is 19.9 Å². The van der Waals surface area contributed by atoms with E-state index < -0.39 is 95.4 Å². The summed E-state index contributed by atoms with van der Waals surface area (Å²) in [5.41, 5.74) is 6.40. The number of aromatic amines is 1. The smallest absolute Gasteiger partial charge is 0.408 e. The minimum absolute atomic E-state index is 0.0560. The van der Waals surface area contributed by atoms with Crippen LogP contribution >= 0.6 is 0 Å². The first-order valence-electron chi connectivity index (χ1n) is 20.7. The molecule has 0 aliphatic rings. The fourth-order valence-electron chi connectivity index (χ4n) is 6.67. The van der Waals surface area contributed by atoms with Crippen molar-refractivity contribution in [1.29, 1.82) is 0 Å². The van der Waals surface area contributed by atoms with Crippen LogP contribution < -0.4 is 21.7 Å². The highest BCUT2D eigenvalue weighted by Crippen LogP contribution is 2.26. The molecule has 334 valence electrons. The van der Waals surface area contributed by atoms with Crippen LogP contribution in [-0.4, -0.2) is 108 Å². The van der Waals surface area contributed by atoms with Gasteiger partial charge in [0.1, 0.15) is 29.5 Å². The van der Waals surface area contributed by atoms with Crippen molar-refractivity contribution in [2.24, 2.45) is 29.4 Å². The molecule has 0 radical (unpaired) electrons. The normalized spacial score (nSPS) is 15.6. The van der Waals surface area contributed by atoms with Crippen LogP contribution in [0.5, 0.6) is 0 Å². The SMILES string of the molecule is CC[C@H](C)[C@H](N)C(=O)N(C(=O)c1ccccn1)C(=O)[C@H](C(C)C)C(O)[C@H](O)[C@H](CC(C)C)NC(=O)[C@H](Cc1cnc[nH]1)NC(=O)[C@H](Cc1ccccc1)NC(=O)OC(C)(C)C. The molecule has 3 aromatic rings. The number of hydrogen-bond acceptors (Lipinski definition) is 12. The summed E-state index contributed by atoms with van der Waals surface area (Å²) >= 11 is 0. The Morgan fingerprint density at radius 2 is 1.46 bits per heavy atom. The zero-order valence-corrected chi connectivity index (χ0v) is 36.6. The molecular weight excluding hydrogens is 785 g/mol. The van der Waals surface area contributed by atoms with E-state index in [1.54, 1.807) is 78.8 Å². The summed E-state index contributed by atoms with van der Waals surface area (Å²) in [7, 11) is 0. The number of aliphatic hydroxyl groups excluding tert-OH is 2. The molecule has 0 spiro atoms. The van der Waals surface area contributed by atoms with Crippen molar-refractivity contribution in [3.8, 4) is 0 Å². The predicted molar refractivity (Wildman–Crippen MR) is 227 cm³/mol. The molecule has 17 nitrogen and oxygen atoms in total. The van der Waals surface area contributed by atoms with E-state index in [-0.39, 0.29) is 30.9 Å². The van der Waals surface area contributed by atoms with Crippen molar-refractivity contribution >= 4 is 35.6 Å². The Hall–Kier alpha value is -5.52. The summed E-state index contributed by atoms with van der Waals surface area (Å²) in [6, 6.07) is 8.41. The van der Waals surface area contributed by atoms with Crippen LogP contribution in [0.3, 0.4) is 0 Å². The Morgan fingerprint density at radius 3 is 2.00 bits per heavy atom. The average molecular weight is 849 g/mol. The first-order valence-corrected chi connectivity index (χ1v) is 20.7. The number of nitrogens with two attached hydrogens (primary N) is 1. The number of nitrogens with zero attached hydrogens (tertiary/aromatic N) is 3. The maximum atomic E-state index is 14.5. The molecule has 0 fully saturated rings. The van der Waals surface area contributed by atoms with Gasteiger partial charge in [-0.05, 0) is 62.6 Å². The maximum Gasteiger partial charge on any atom is 0.408 e. The molecule has 8 atom stereocenters. The van der Waals surface area contributed by atoms with Crippen LogP contribution in [0.1, 0.15) is 96.9 Å². The molecule has 17 heteroatoms. The monoisotopic (exact) mass is 848 g/mol. The van der Waals surface area contributed by atoms with Crippen molar-refractivity contribution in [2.45, 2.75) is 130 Å². The number of pyridine rings is 1. The zero-order chi connectivity index (χ0) is 45.6. The molecule has 3 rings (SSSR count). The van der Waals surface area contributed by atoms with E-state index in [9.17, 15) is 39.0 Å². The predicted octanol–water partition coefficient (Wildman–Crippen LogP) is 3.06. The number of ether oxygens (including phenoxy) is 1.